The van der Waals surface area contributed by atoms with Crippen LogP contribution in [0.5, 0.6) is 23.0 Å². The SMILES string of the molecule is COc1ccc(OC)c(S(=O)(=O)N(C)CC(=O)N/N=C/c2cccc(OC)c2OC)c1. The highest BCUT2D eigenvalue weighted by molar-refractivity contribution is 7.89. The van der Waals surface area contributed by atoms with Gasteiger partial charge in [0.05, 0.1) is 41.2 Å². The maximum atomic E-state index is 12.9. The summed E-state index contributed by atoms with van der Waals surface area (Å²) in [6, 6.07) is 9.57. The third-order valence-electron chi connectivity index (χ3n) is 4.25. The molecule has 2 aromatic rings. The summed E-state index contributed by atoms with van der Waals surface area (Å²) in [6.45, 7) is -0.463. The Kier molecular flexibility index (Phi) is 8.22. The molecule has 0 aliphatic heterocycles. The average Bonchev–Trinajstić information content (AvgIpc) is 2.78. The van der Waals surface area contributed by atoms with E-state index in [4.69, 9.17) is 18.9 Å². The first-order valence-corrected chi connectivity index (χ1v) is 10.4. The minimum atomic E-state index is -4.03. The molecule has 0 heterocycles. The molecule has 0 bridgehead atoms. The second kappa shape index (κ2) is 10.6. The van der Waals surface area contributed by atoms with E-state index in [1.54, 1.807) is 24.3 Å². The molecule has 0 aromatic heterocycles. The lowest BCUT2D eigenvalue weighted by molar-refractivity contribution is -0.121. The number of benzene rings is 2. The maximum Gasteiger partial charge on any atom is 0.255 e. The fraction of sp³-hybridized carbons (Fsp3) is 0.300. The van der Waals surface area contributed by atoms with E-state index in [-0.39, 0.29) is 10.6 Å². The second-order valence-electron chi connectivity index (χ2n) is 6.15. The molecule has 10 nitrogen and oxygen atoms in total. The van der Waals surface area contributed by atoms with Crippen molar-refractivity contribution in [2.45, 2.75) is 4.90 Å². The predicted molar refractivity (Wildman–Crippen MR) is 115 cm³/mol. The van der Waals surface area contributed by atoms with Crippen molar-refractivity contribution >= 4 is 22.1 Å². The van der Waals surface area contributed by atoms with E-state index in [2.05, 4.69) is 10.5 Å². The molecule has 0 spiro atoms. The summed E-state index contributed by atoms with van der Waals surface area (Å²) >= 11 is 0. The first kappa shape index (κ1) is 24.0. The Hall–Kier alpha value is -3.31. The topological polar surface area (TPSA) is 116 Å². The Labute approximate surface area is 181 Å². The molecule has 0 unspecified atom stereocenters. The fourth-order valence-electron chi connectivity index (χ4n) is 2.66. The molecule has 0 aliphatic carbocycles. The third-order valence-corrected chi connectivity index (χ3v) is 6.08. The standard InChI is InChI=1S/C20H25N3O7S/c1-23(31(25,26)18-11-15(27-2)9-10-16(18)28-3)13-19(24)22-21-12-14-7-6-8-17(29-4)20(14)30-5/h6-12H,13H2,1-5H3,(H,22,24)/b21-12+. The summed E-state index contributed by atoms with van der Waals surface area (Å²) < 4.78 is 47.4. The number of hydrogen-bond donors (Lipinski definition) is 1. The Bertz CT molecular complexity index is 1050. The normalized spacial score (nSPS) is 11.4. The van der Waals surface area contributed by atoms with Crippen LogP contribution in [0.2, 0.25) is 0 Å². The van der Waals surface area contributed by atoms with Gasteiger partial charge in [0.15, 0.2) is 11.5 Å². The first-order valence-electron chi connectivity index (χ1n) is 8.99. The third kappa shape index (κ3) is 5.64. The number of rotatable bonds is 10. The summed E-state index contributed by atoms with van der Waals surface area (Å²) in [5.74, 6) is 0.806. The molecule has 0 atom stereocenters. The molecule has 0 saturated heterocycles. The Morgan fingerprint density at radius 3 is 2.35 bits per heavy atom. The van der Waals surface area contributed by atoms with Crippen LogP contribution in [0.25, 0.3) is 0 Å². The van der Waals surface area contributed by atoms with Crippen LogP contribution in [-0.2, 0) is 14.8 Å². The van der Waals surface area contributed by atoms with Gasteiger partial charge in [0.25, 0.3) is 5.91 Å². The number of nitrogens with zero attached hydrogens (tertiary/aromatic N) is 2. The summed E-state index contributed by atoms with van der Waals surface area (Å²) in [6.07, 6.45) is 1.37. The Morgan fingerprint density at radius 1 is 1.03 bits per heavy atom. The molecule has 1 amide bonds. The Balaban J connectivity index is 2.12. The van der Waals surface area contributed by atoms with Crippen LogP contribution in [0.4, 0.5) is 0 Å². The van der Waals surface area contributed by atoms with Gasteiger partial charge in [-0.05, 0) is 24.3 Å². The lowest BCUT2D eigenvalue weighted by atomic mass is 10.2. The number of nitrogens with one attached hydrogen (secondary N) is 1. The van der Waals surface area contributed by atoms with Gasteiger partial charge in [-0.1, -0.05) is 6.07 Å². The smallest absolute Gasteiger partial charge is 0.255 e. The quantitative estimate of drug-likeness (QED) is 0.430. The Morgan fingerprint density at radius 2 is 1.74 bits per heavy atom. The lowest BCUT2D eigenvalue weighted by Crippen LogP contribution is -2.36. The van der Waals surface area contributed by atoms with Gasteiger partial charge in [0.2, 0.25) is 10.0 Å². The number of carbonyl (C=O) groups is 1. The molecule has 0 aliphatic rings. The van der Waals surface area contributed by atoms with Crippen molar-refractivity contribution in [3.05, 3.63) is 42.0 Å². The fourth-order valence-corrected chi connectivity index (χ4v) is 3.96. The van der Waals surface area contributed by atoms with Gasteiger partial charge in [-0.3, -0.25) is 4.79 Å². The zero-order chi connectivity index (χ0) is 23.0. The van der Waals surface area contributed by atoms with E-state index in [1.165, 1.54) is 53.8 Å². The van der Waals surface area contributed by atoms with Crippen molar-refractivity contribution in [3.63, 3.8) is 0 Å². The summed E-state index contributed by atoms with van der Waals surface area (Å²) in [5.41, 5.74) is 2.87. The molecule has 11 heteroatoms. The maximum absolute atomic E-state index is 12.9. The first-order chi connectivity index (χ1) is 14.8. The van der Waals surface area contributed by atoms with Gasteiger partial charge in [0, 0.05) is 18.7 Å². The zero-order valence-corrected chi connectivity index (χ0v) is 18.7. The lowest BCUT2D eigenvalue weighted by Gasteiger charge is -2.18. The van der Waals surface area contributed by atoms with Gasteiger partial charge in [0.1, 0.15) is 16.4 Å². The van der Waals surface area contributed by atoms with Crippen molar-refractivity contribution in [2.75, 3.05) is 42.0 Å². The molecule has 2 rings (SSSR count). The number of ether oxygens (including phenoxy) is 4. The van der Waals surface area contributed by atoms with Crippen LogP contribution in [0.3, 0.4) is 0 Å². The van der Waals surface area contributed by atoms with E-state index in [9.17, 15) is 13.2 Å². The minimum Gasteiger partial charge on any atom is -0.497 e. The van der Waals surface area contributed by atoms with E-state index in [0.717, 1.165) is 4.31 Å². The molecule has 1 N–H and O–H groups in total. The number of para-hydroxylation sites is 1. The van der Waals surface area contributed by atoms with E-state index in [0.29, 0.717) is 22.8 Å². The van der Waals surface area contributed by atoms with Crippen LogP contribution in [0.1, 0.15) is 5.56 Å². The number of methoxy groups -OCH3 is 4. The van der Waals surface area contributed by atoms with Crippen molar-refractivity contribution in [1.29, 1.82) is 0 Å². The predicted octanol–water partition coefficient (Wildman–Crippen LogP) is 1.49. The highest BCUT2D eigenvalue weighted by Gasteiger charge is 2.27. The van der Waals surface area contributed by atoms with Gasteiger partial charge >= 0.3 is 0 Å². The van der Waals surface area contributed by atoms with Crippen LogP contribution >= 0.6 is 0 Å². The molecule has 2 aromatic carbocycles. The number of carbonyl (C=O) groups excluding carboxylic acids is 1. The summed E-state index contributed by atoms with van der Waals surface area (Å²) in [4.78, 5) is 12.1. The summed E-state index contributed by atoms with van der Waals surface area (Å²) in [7, 11) is 3.03. The largest absolute Gasteiger partial charge is 0.497 e. The van der Waals surface area contributed by atoms with E-state index in [1.807, 2.05) is 0 Å². The van der Waals surface area contributed by atoms with Gasteiger partial charge in [-0.15, -0.1) is 0 Å². The number of amides is 1. The average molecular weight is 452 g/mol. The molecule has 0 radical (unpaired) electrons. The minimum absolute atomic E-state index is 0.116. The van der Waals surface area contributed by atoms with Crippen LogP contribution in [0, 0.1) is 0 Å². The van der Waals surface area contributed by atoms with Gasteiger partial charge in [-0.25, -0.2) is 13.8 Å². The molecule has 0 fully saturated rings. The highest BCUT2D eigenvalue weighted by Crippen LogP contribution is 2.30. The molecule has 31 heavy (non-hydrogen) atoms. The summed E-state index contributed by atoms with van der Waals surface area (Å²) in [5, 5.41) is 3.87. The van der Waals surface area contributed by atoms with Crippen molar-refractivity contribution in [2.24, 2.45) is 5.10 Å². The van der Waals surface area contributed by atoms with Gasteiger partial charge < -0.3 is 18.9 Å². The van der Waals surface area contributed by atoms with Crippen molar-refractivity contribution in [1.82, 2.24) is 9.73 Å². The van der Waals surface area contributed by atoms with Crippen LogP contribution in [0.15, 0.2) is 46.4 Å². The highest BCUT2D eigenvalue weighted by atomic mass is 32.2. The number of likely N-dealkylation sites (N-methyl/N-ethyl adjacent to an activating group) is 1. The number of hydrazone groups is 1. The van der Waals surface area contributed by atoms with E-state index < -0.39 is 22.5 Å². The van der Waals surface area contributed by atoms with E-state index >= 15 is 0 Å². The van der Waals surface area contributed by atoms with Crippen molar-refractivity contribution < 1.29 is 32.2 Å². The second-order valence-corrected chi connectivity index (χ2v) is 8.17. The monoisotopic (exact) mass is 451 g/mol. The molecular weight excluding hydrogens is 426 g/mol. The van der Waals surface area contributed by atoms with Crippen molar-refractivity contribution in [3.8, 4) is 23.0 Å². The molecule has 168 valence electrons. The molecule has 0 saturated carbocycles. The van der Waals surface area contributed by atoms with Crippen LogP contribution < -0.4 is 24.4 Å². The zero-order valence-electron chi connectivity index (χ0n) is 17.9. The number of sulfonamides is 1. The molecular formula is C20H25N3O7S. The number of hydrogen-bond acceptors (Lipinski definition) is 8. The van der Waals surface area contributed by atoms with Crippen LogP contribution in [-0.4, -0.2) is 66.9 Å². The van der Waals surface area contributed by atoms with Gasteiger partial charge in [-0.2, -0.15) is 9.41 Å².